The van der Waals surface area contributed by atoms with Crippen LogP contribution in [0.15, 0.2) is 77.8 Å². The standard InChI is InChI=1S/C25H25N7O4/c1-4-11-31-22-20(24(34)32(12-5-2)25(31)35)28-21(29-22)17-8-9-19(27-16-17)30(13-14-36-3)23(33)18-7-6-10-26-15-18/h4-10,15-16H,1-2,11-14H2,3H3,(H,28,29). The summed E-state index contributed by atoms with van der Waals surface area (Å²) in [4.78, 5) is 56.3. The number of carbonyl (C=O) groups excluding carboxylic acids is 1. The molecule has 1 amide bonds. The molecule has 0 fully saturated rings. The maximum Gasteiger partial charge on any atom is 0.333 e. The van der Waals surface area contributed by atoms with Crippen LogP contribution < -0.4 is 16.1 Å². The van der Waals surface area contributed by atoms with Crippen molar-refractivity contribution in [3.63, 3.8) is 0 Å². The fourth-order valence-electron chi connectivity index (χ4n) is 3.72. The zero-order valence-corrected chi connectivity index (χ0v) is 19.8. The van der Waals surface area contributed by atoms with Crippen LogP contribution in [0.1, 0.15) is 10.4 Å². The van der Waals surface area contributed by atoms with E-state index in [0.29, 0.717) is 29.4 Å². The molecule has 0 saturated carbocycles. The van der Waals surface area contributed by atoms with Gasteiger partial charge in [-0.2, -0.15) is 0 Å². The second-order valence-corrected chi connectivity index (χ2v) is 7.77. The van der Waals surface area contributed by atoms with E-state index < -0.39 is 11.2 Å². The predicted octanol–water partition coefficient (Wildman–Crippen LogP) is 2.01. The van der Waals surface area contributed by atoms with Gasteiger partial charge in [0, 0.05) is 44.4 Å². The van der Waals surface area contributed by atoms with Gasteiger partial charge in [-0.25, -0.2) is 14.8 Å². The van der Waals surface area contributed by atoms with Gasteiger partial charge in [-0.15, -0.1) is 13.2 Å². The minimum absolute atomic E-state index is 0.0671. The fourth-order valence-corrected chi connectivity index (χ4v) is 3.72. The summed E-state index contributed by atoms with van der Waals surface area (Å²) >= 11 is 0. The van der Waals surface area contributed by atoms with E-state index >= 15 is 0 Å². The Kier molecular flexibility index (Phi) is 7.31. The molecule has 4 aromatic rings. The van der Waals surface area contributed by atoms with E-state index in [1.165, 1.54) is 21.7 Å². The molecule has 0 aliphatic carbocycles. The number of allylic oxidation sites excluding steroid dienone is 2. The second kappa shape index (κ2) is 10.7. The van der Waals surface area contributed by atoms with E-state index in [1.54, 1.807) is 49.8 Å². The monoisotopic (exact) mass is 487 g/mol. The molecular formula is C25H25N7O4. The molecule has 4 rings (SSSR count). The minimum atomic E-state index is -0.499. The number of aromatic nitrogens is 6. The molecule has 184 valence electrons. The van der Waals surface area contributed by atoms with Gasteiger partial charge >= 0.3 is 5.69 Å². The van der Waals surface area contributed by atoms with E-state index in [0.717, 1.165) is 4.57 Å². The Morgan fingerprint density at radius 1 is 1.14 bits per heavy atom. The first kappa shape index (κ1) is 24.5. The van der Waals surface area contributed by atoms with Crippen LogP contribution in [0.2, 0.25) is 0 Å². The minimum Gasteiger partial charge on any atom is -0.383 e. The third-order valence-corrected chi connectivity index (χ3v) is 5.46. The normalized spacial score (nSPS) is 10.9. The number of fused-ring (bicyclic) bond motifs is 1. The van der Waals surface area contributed by atoms with Gasteiger partial charge in [-0.3, -0.25) is 28.6 Å². The number of rotatable bonds is 10. The van der Waals surface area contributed by atoms with E-state index in [4.69, 9.17) is 4.74 Å². The molecule has 11 nitrogen and oxygen atoms in total. The Balaban J connectivity index is 1.74. The number of amides is 1. The van der Waals surface area contributed by atoms with Crippen LogP contribution in [0.3, 0.4) is 0 Å². The number of ether oxygens (including phenoxy) is 1. The lowest BCUT2D eigenvalue weighted by Crippen LogP contribution is -2.39. The third-order valence-electron chi connectivity index (χ3n) is 5.46. The molecule has 0 spiro atoms. The van der Waals surface area contributed by atoms with Crippen LogP contribution in [0.4, 0.5) is 5.82 Å². The highest BCUT2D eigenvalue weighted by Gasteiger charge is 2.20. The molecule has 0 unspecified atom stereocenters. The summed E-state index contributed by atoms with van der Waals surface area (Å²) in [5.74, 6) is 0.509. The molecule has 0 aromatic carbocycles. The van der Waals surface area contributed by atoms with E-state index in [1.807, 2.05) is 0 Å². The molecule has 4 heterocycles. The van der Waals surface area contributed by atoms with Gasteiger partial charge in [-0.1, -0.05) is 12.2 Å². The fraction of sp³-hybridized carbons (Fsp3) is 0.200. The number of nitrogens with one attached hydrogen (secondary N) is 1. The quantitative estimate of drug-likeness (QED) is 0.339. The van der Waals surface area contributed by atoms with Gasteiger partial charge in [0.25, 0.3) is 11.5 Å². The van der Waals surface area contributed by atoms with Gasteiger partial charge in [0.2, 0.25) is 0 Å². The highest BCUT2D eigenvalue weighted by molar-refractivity contribution is 6.05. The topological polar surface area (TPSA) is 128 Å². The van der Waals surface area contributed by atoms with Crippen molar-refractivity contribution in [3.05, 3.63) is 94.6 Å². The van der Waals surface area contributed by atoms with Crippen LogP contribution >= 0.6 is 0 Å². The van der Waals surface area contributed by atoms with Crippen LogP contribution in [0.5, 0.6) is 0 Å². The van der Waals surface area contributed by atoms with Crippen LogP contribution in [-0.2, 0) is 17.8 Å². The zero-order chi connectivity index (χ0) is 25.7. The van der Waals surface area contributed by atoms with Gasteiger partial charge < -0.3 is 9.72 Å². The number of imidazole rings is 1. The molecule has 0 atom stereocenters. The van der Waals surface area contributed by atoms with Crippen LogP contribution in [-0.4, -0.2) is 55.2 Å². The molecule has 11 heteroatoms. The number of hydrogen-bond donors (Lipinski definition) is 1. The molecule has 0 saturated heterocycles. The Hall–Kier alpha value is -4.64. The first-order valence-electron chi connectivity index (χ1n) is 11.1. The van der Waals surface area contributed by atoms with Crippen molar-refractivity contribution in [1.82, 2.24) is 29.1 Å². The number of aromatic amines is 1. The molecular weight excluding hydrogens is 462 g/mol. The van der Waals surface area contributed by atoms with Crippen LogP contribution in [0, 0.1) is 0 Å². The molecule has 0 aliphatic rings. The highest BCUT2D eigenvalue weighted by Crippen LogP contribution is 2.21. The summed E-state index contributed by atoms with van der Waals surface area (Å²) < 4.78 is 7.61. The van der Waals surface area contributed by atoms with Crippen molar-refractivity contribution in [2.24, 2.45) is 0 Å². The van der Waals surface area contributed by atoms with Crippen molar-refractivity contribution in [2.75, 3.05) is 25.2 Å². The number of pyridine rings is 2. The molecule has 0 bridgehead atoms. The molecule has 36 heavy (non-hydrogen) atoms. The lowest BCUT2D eigenvalue weighted by atomic mass is 10.2. The second-order valence-electron chi connectivity index (χ2n) is 7.77. The molecule has 0 radical (unpaired) electrons. The number of methoxy groups -OCH3 is 1. The molecule has 4 aromatic heterocycles. The maximum absolute atomic E-state index is 13.1. The largest absolute Gasteiger partial charge is 0.383 e. The zero-order valence-electron chi connectivity index (χ0n) is 19.8. The number of carbonyl (C=O) groups is 1. The SMILES string of the molecule is C=CCn1c(=O)c2[nH]c(-c3ccc(N(CCOC)C(=O)c4cccnc4)nc3)nc2n(CC=C)c1=O. The van der Waals surface area contributed by atoms with Gasteiger partial charge in [0.1, 0.15) is 17.2 Å². The number of H-pyrrole nitrogens is 1. The van der Waals surface area contributed by atoms with Crippen molar-refractivity contribution in [2.45, 2.75) is 13.1 Å². The predicted molar refractivity (Wildman–Crippen MR) is 136 cm³/mol. The van der Waals surface area contributed by atoms with Crippen molar-refractivity contribution >= 4 is 22.9 Å². The summed E-state index contributed by atoms with van der Waals surface area (Å²) in [7, 11) is 1.56. The third kappa shape index (κ3) is 4.64. The summed E-state index contributed by atoms with van der Waals surface area (Å²) in [6.45, 7) is 8.16. The average molecular weight is 488 g/mol. The Labute approximate surface area is 206 Å². The first-order chi connectivity index (χ1) is 17.5. The van der Waals surface area contributed by atoms with Gasteiger partial charge in [0.05, 0.1) is 18.7 Å². The van der Waals surface area contributed by atoms with Crippen molar-refractivity contribution in [1.29, 1.82) is 0 Å². The summed E-state index contributed by atoms with van der Waals surface area (Å²) in [6.07, 6.45) is 7.67. The van der Waals surface area contributed by atoms with Crippen molar-refractivity contribution < 1.29 is 9.53 Å². The van der Waals surface area contributed by atoms with E-state index in [2.05, 4.69) is 33.1 Å². The van der Waals surface area contributed by atoms with E-state index in [-0.39, 0.29) is 36.7 Å². The first-order valence-corrected chi connectivity index (χ1v) is 11.1. The Morgan fingerprint density at radius 2 is 1.92 bits per heavy atom. The number of anilines is 1. The van der Waals surface area contributed by atoms with Crippen LogP contribution in [0.25, 0.3) is 22.6 Å². The Bertz CT molecular complexity index is 1520. The molecule has 1 N–H and O–H groups in total. The smallest absolute Gasteiger partial charge is 0.333 e. The molecule has 0 aliphatic heterocycles. The summed E-state index contributed by atoms with van der Waals surface area (Å²) in [5.41, 5.74) is 0.409. The number of nitrogens with zero attached hydrogens (tertiary/aromatic N) is 6. The Morgan fingerprint density at radius 3 is 2.56 bits per heavy atom. The average Bonchev–Trinajstić information content (AvgIpc) is 3.35. The highest BCUT2D eigenvalue weighted by atomic mass is 16.5. The van der Waals surface area contributed by atoms with E-state index in [9.17, 15) is 14.4 Å². The number of hydrogen-bond acceptors (Lipinski definition) is 7. The summed E-state index contributed by atoms with van der Waals surface area (Å²) in [6, 6.07) is 6.78. The van der Waals surface area contributed by atoms with Gasteiger partial charge in [0.15, 0.2) is 5.65 Å². The lowest BCUT2D eigenvalue weighted by Gasteiger charge is -2.21. The maximum atomic E-state index is 13.1. The summed E-state index contributed by atoms with van der Waals surface area (Å²) in [5, 5.41) is 0. The van der Waals surface area contributed by atoms with Gasteiger partial charge in [-0.05, 0) is 24.3 Å². The van der Waals surface area contributed by atoms with Crippen molar-refractivity contribution in [3.8, 4) is 11.4 Å². The lowest BCUT2D eigenvalue weighted by molar-refractivity contribution is 0.0974.